The Bertz CT molecular complexity index is 1320. The van der Waals surface area contributed by atoms with E-state index in [-0.39, 0.29) is 25.7 Å². The molecule has 0 aliphatic carbocycles. The Hall–Kier alpha value is -3.93. The summed E-state index contributed by atoms with van der Waals surface area (Å²) in [5, 5.41) is 17.7. The molecule has 0 unspecified atom stereocenters. The van der Waals surface area contributed by atoms with Gasteiger partial charge < -0.3 is 4.98 Å². The van der Waals surface area contributed by atoms with Gasteiger partial charge in [0, 0.05) is 62.7 Å². The maximum absolute atomic E-state index is 13.2. The monoisotopic (exact) mass is 683 g/mol. The van der Waals surface area contributed by atoms with Crippen LogP contribution in [0.3, 0.4) is 0 Å². The van der Waals surface area contributed by atoms with Gasteiger partial charge in [0.2, 0.25) is 0 Å². The summed E-state index contributed by atoms with van der Waals surface area (Å²) in [6.45, 7) is 0. The fourth-order valence-electron chi connectivity index (χ4n) is 3.26. The molecule has 6 rings (SSSR count). The van der Waals surface area contributed by atoms with Gasteiger partial charge in [0.15, 0.2) is 10.8 Å². The molecular formula is C23H18F2IrN9S-. The number of hydrogen-bond acceptors (Lipinski definition) is 5. The molecule has 0 saturated heterocycles. The van der Waals surface area contributed by atoms with Gasteiger partial charge in [0.1, 0.15) is 0 Å². The second-order valence-corrected chi connectivity index (χ2v) is 9.36. The van der Waals surface area contributed by atoms with E-state index in [4.69, 9.17) is 0 Å². The van der Waals surface area contributed by atoms with Gasteiger partial charge in [0.05, 0.1) is 24.8 Å². The number of pyridine rings is 1. The molecule has 185 valence electrons. The molecule has 0 atom stereocenters. The number of rotatable bonds is 5. The van der Waals surface area contributed by atoms with Crippen molar-refractivity contribution in [3.63, 3.8) is 0 Å². The van der Waals surface area contributed by atoms with Crippen molar-refractivity contribution in [1.29, 1.82) is 0 Å². The number of aromatic nitrogens is 9. The predicted molar refractivity (Wildman–Crippen MR) is 127 cm³/mol. The van der Waals surface area contributed by atoms with E-state index < -0.39 is 22.4 Å². The summed E-state index contributed by atoms with van der Waals surface area (Å²) >= 11 is 0. The molecule has 5 heterocycles. The van der Waals surface area contributed by atoms with E-state index in [1.807, 2.05) is 65.4 Å². The molecule has 0 fully saturated rings. The van der Waals surface area contributed by atoms with E-state index in [0.29, 0.717) is 5.69 Å². The van der Waals surface area contributed by atoms with Crippen molar-refractivity contribution >= 4 is 10.8 Å². The third-order valence-corrected chi connectivity index (χ3v) is 7.57. The Morgan fingerprint density at radius 2 is 1.17 bits per heavy atom. The van der Waals surface area contributed by atoms with E-state index in [9.17, 15) is 8.78 Å². The summed E-state index contributed by atoms with van der Waals surface area (Å²) in [5.41, 5.74) is 0.636. The molecule has 5 aromatic heterocycles. The van der Waals surface area contributed by atoms with Gasteiger partial charge in [0.25, 0.3) is 0 Å². The van der Waals surface area contributed by atoms with Crippen LogP contribution in [0.2, 0.25) is 0 Å². The summed E-state index contributed by atoms with van der Waals surface area (Å²) < 4.78 is 33.1. The van der Waals surface area contributed by atoms with Crippen molar-refractivity contribution in [3.05, 3.63) is 128 Å². The molecule has 1 radical (unpaired) electrons. The first kappa shape index (κ1) is 25.2. The molecule has 0 spiro atoms. The van der Waals surface area contributed by atoms with Crippen molar-refractivity contribution in [2.75, 3.05) is 0 Å². The standard InChI is InChI=1S/C12H12N8S.C11H6F2N.Ir/c1-5-13-17(9-1)21(18-10-2-6-14-18,19-11-3-7-15-19)20-12-4-8-16-20;12-8-4-5-9(10(13)7-8)11-3-1-2-6-14-11;/h1-12H;1-4,6-7H;/q;-1;. The van der Waals surface area contributed by atoms with Gasteiger partial charge in [-0.05, 0) is 36.0 Å². The third-order valence-electron chi connectivity index (χ3n) is 4.70. The minimum Gasteiger partial charge on any atom is -0.305 e. The van der Waals surface area contributed by atoms with Crippen LogP contribution >= 0.6 is 10.8 Å². The molecule has 6 aromatic rings. The molecule has 1 aromatic carbocycles. The molecular weight excluding hydrogens is 665 g/mol. The Morgan fingerprint density at radius 1 is 0.667 bits per heavy atom. The van der Waals surface area contributed by atoms with Gasteiger partial charge in [-0.25, -0.2) is 0 Å². The van der Waals surface area contributed by atoms with E-state index >= 15 is 0 Å². The Kier molecular flexibility index (Phi) is 7.83. The van der Waals surface area contributed by atoms with E-state index in [2.05, 4.69) is 31.4 Å². The summed E-state index contributed by atoms with van der Waals surface area (Å²) in [5.74, 6) is -1.29. The van der Waals surface area contributed by atoms with E-state index in [1.54, 1.807) is 49.2 Å². The minimum atomic E-state index is -2.12. The summed E-state index contributed by atoms with van der Waals surface area (Å²) in [6, 6.07) is 17.0. The fourth-order valence-corrected chi connectivity index (χ4v) is 5.95. The van der Waals surface area contributed by atoms with Crippen LogP contribution < -0.4 is 0 Å². The van der Waals surface area contributed by atoms with Crippen LogP contribution in [0.4, 0.5) is 8.78 Å². The second kappa shape index (κ2) is 11.2. The molecule has 0 aliphatic rings. The zero-order chi connectivity index (χ0) is 24.1. The van der Waals surface area contributed by atoms with E-state index in [0.717, 1.165) is 12.1 Å². The maximum Gasteiger partial charge on any atom is 0.162 e. The van der Waals surface area contributed by atoms with Crippen LogP contribution in [0.15, 0.2) is 110 Å². The average Bonchev–Trinajstić information content (AvgIpc) is 3.71. The number of benzene rings is 1. The van der Waals surface area contributed by atoms with Crippen LogP contribution in [-0.2, 0) is 20.1 Å². The van der Waals surface area contributed by atoms with Gasteiger partial charge in [-0.2, -0.15) is 36.7 Å². The molecule has 36 heavy (non-hydrogen) atoms. The molecule has 0 bridgehead atoms. The van der Waals surface area contributed by atoms with E-state index in [1.165, 1.54) is 0 Å². The van der Waals surface area contributed by atoms with Crippen molar-refractivity contribution in [1.82, 2.24) is 41.7 Å². The minimum absolute atomic E-state index is 0. The quantitative estimate of drug-likeness (QED) is 0.254. The van der Waals surface area contributed by atoms with Crippen LogP contribution in [0.5, 0.6) is 0 Å². The normalized spacial score (nSPS) is 11.3. The fraction of sp³-hybridized carbons (Fsp3) is 0. The van der Waals surface area contributed by atoms with Gasteiger partial charge in [-0.1, -0.05) is 23.8 Å². The summed E-state index contributed by atoms with van der Waals surface area (Å²) in [6.07, 6.45) is 16.0. The van der Waals surface area contributed by atoms with Crippen molar-refractivity contribution in [2.45, 2.75) is 0 Å². The summed E-state index contributed by atoms with van der Waals surface area (Å²) in [4.78, 5) is 3.95. The molecule has 13 heteroatoms. The summed E-state index contributed by atoms with van der Waals surface area (Å²) in [7, 11) is -2.12. The Morgan fingerprint density at radius 3 is 1.53 bits per heavy atom. The van der Waals surface area contributed by atoms with Crippen LogP contribution in [0.1, 0.15) is 0 Å². The molecule has 0 N–H and O–H groups in total. The van der Waals surface area contributed by atoms with Crippen molar-refractivity contribution in [3.8, 4) is 11.3 Å². The molecule has 9 nitrogen and oxygen atoms in total. The Balaban J connectivity index is 0.000000178. The average molecular weight is 683 g/mol. The Labute approximate surface area is 220 Å². The number of nitrogens with zero attached hydrogens (tertiary/aromatic N) is 9. The van der Waals surface area contributed by atoms with Gasteiger partial charge in [-0.3, -0.25) is 8.78 Å². The first-order valence-corrected chi connectivity index (χ1v) is 11.8. The maximum atomic E-state index is 13.2. The molecule has 0 saturated carbocycles. The van der Waals surface area contributed by atoms with Crippen molar-refractivity contribution < 1.29 is 28.9 Å². The zero-order valence-corrected chi connectivity index (χ0v) is 21.6. The SMILES string of the molecule is Fc1c[c-]c(-c2ccccn2)c(F)c1.[Ir].c1cnn(S(n2cccn2)(n2cccn2)n2cccn2)c1. The smallest absolute Gasteiger partial charge is 0.162 e. The first-order valence-electron chi connectivity index (χ1n) is 10.3. The van der Waals surface area contributed by atoms with Crippen LogP contribution in [-0.4, -0.2) is 41.7 Å². The number of hydrogen-bond donors (Lipinski definition) is 0. The van der Waals surface area contributed by atoms with Gasteiger partial charge >= 0.3 is 0 Å². The first-order chi connectivity index (χ1) is 17.2. The predicted octanol–water partition coefficient (Wildman–Crippen LogP) is 4.25. The molecule has 0 aliphatic heterocycles. The van der Waals surface area contributed by atoms with Crippen LogP contribution in [0, 0.1) is 17.7 Å². The molecule has 0 amide bonds. The zero-order valence-electron chi connectivity index (χ0n) is 18.4. The topological polar surface area (TPSA) is 84.2 Å². The second-order valence-electron chi connectivity index (χ2n) is 6.88. The largest absolute Gasteiger partial charge is 0.305 e. The van der Waals surface area contributed by atoms with Gasteiger partial charge in [-0.15, -0.1) is 12.1 Å². The third kappa shape index (κ3) is 4.76. The van der Waals surface area contributed by atoms with Crippen LogP contribution in [0.25, 0.3) is 11.3 Å². The number of halogens is 2. The van der Waals surface area contributed by atoms with Crippen molar-refractivity contribution in [2.24, 2.45) is 0 Å².